The first-order valence-electron chi connectivity index (χ1n) is 9.99. The molecule has 1 amide bonds. The lowest BCUT2D eigenvalue weighted by Gasteiger charge is -2.30. The van der Waals surface area contributed by atoms with Crippen LogP contribution in [0.1, 0.15) is 52.0 Å². The molecule has 0 radical (unpaired) electrons. The van der Waals surface area contributed by atoms with Gasteiger partial charge in [0.05, 0.1) is 6.04 Å². The minimum Gasteiger partial charge on any atom is -0.372 e. The van der Waals surface area contributed by atoms with E-state index in [0.717, 1.165) is 51.9 Å². The molecule has 5 nitrogen and oxygen atoms in total. The topological polar surface area (TPSA) is 56.4 Å². The van der Waals surface area contributed by atoms with E-state index in [4.69, 9.17) is 0 Å². The van der Waals surface area contributed by atoms with Crippen molar-refractivity contribution in [2.24, 2.45) is 0 Å². The molecule has 1 fully saturated rings. The summed E-state index contributed by atoms with van der Waals surface area (Å²) in [4.78, 5) is 14.7. The fourth-order valence-corrected chi connectivity index (χ4v) is 3.60. The van der Waals surface area contributed by atoms with Gasteiger partial charge < -0.3 is 20.9 Å². The number of nitrogens with zero attached hydrogens (tertiary/aromatic N) is 1. The summed E-state index contributed by atoms with van der Waals surface area (Å²) in [6.45, 7) is 10.3. The molecule has 0 aromatic heterocycles. The van der Waals surface area contributed by atoms with E-state index in [-0.39, 0.29) is 17.5 Å². The van der Waals surface area contributed by atoms with Crippen molar-refractivity contribution in [3.8, 4) is 0 Å². The maximum absolute atomic E-state index is 12.3. The van der Waals surface area contributed by atoms with Gasteiger partial charge >= 0.3 is 0 Å². The molecule has 1 aromatic rings. The van der Waals surface area contributed by atoms with E-state index in [0.29, 0.717) is 0 Å². The second-order valence-electron chi connectivity index (χ2n) is 7.90. The lowest BCUT2D eigenvalue weighted by atomic mass is 9.97. The van der Waals surface area contributed by atoms with Crippen LogP contribution >= 0.6 is 0 Å². The molecule has 3 N–H and O–H groups in total. The van der Waals surface area contributed by atoms with Crippen molar-refractivity contribution in [3.63, 3.8) is 0 Å². The van der Waals surface area contributed by atoms with E-state index >= 15 is 0 Å². The number of hydrogen-bond donors (Lipinski definition) is 3. The van der Waals surface area contributed by atoms with Gasteiger partial charge in [-0.15, -0.1) is 0 Å². The Bertz CT molecular complexity index is 550. The highest BCUT2D eigenvalue weighted by Crippen LogP contribution is 2.18. The third-order valence-corrected chi connectivity index (χ3v) is 5.13. The molecule has 146 valence electrons. The smallest absolute Gasteiger partial charge is 0.237 e. The van der Waals surface area contributed by atoms with Crippen molar-refractivity contribution >= 4 is 11.6 Å². The summed E-state index contributed by atoms with van der Waals surface area (Å²) < 4.78 is 0. The zero-order valence-corrected chi connectivity index (χ0v) is 16.9. The summed E-state index contributed by atoms with van der Waals surface area (Å²) in [7, 11) is 1.97. The number of carbonyl (C=O) groups is 1. The highest BCUT2D eigenvalue weighted by molar-refractivity contribution is 5.82. The van der Waals surface area contributed by atoms with Crippen molar-refractivity contribution in [3.05, 3.63) is 29.8 Å². The molecular weight excluding hydrogens is 324 g/mol. The standard InChI is InChI=1S/C21H36N4O/c1-5-25(18-11-9-17(10-12-18)16-22-4)15-7-13-21(2,3)24-20(26)19-8-6-14-23-19/h9-12,19,22-23H,5-8,13-16H2,1-4H3,(H,24,26). The van der Waals surface area contributed by atoms with Crippen molar-refractivity contribution in [2.75, 3.05) is 31.6 Å². The molecule has 0 saturated carbocycles. The van der Waals surface area contributed by atoms with Gasteiger partial charge in [-0.1, -0.05) is 12.1 Å². The third-order valence-electron chi connectivity index (χ3n) is 5.13. The van der Waals surface area contributed by atoms with Gasteiger partial charge in [0.15, 0.2) is 0 Å². The van der Waals surface area contributed by atoms with Crippen LogP contribution in [0.15, 0.2) is 24.3 Å². The fraction of sp³-hybridized carbons (Fsp3) is 0.667. The van der Waals surface area contributed by atoms with Crippen LogP contribution in [0.2, 0.25) is 0 Å². The maximum Gasteiger partial charge on any atom is 0.237 e. The molecule has 1 unspecified atom stereocenters. The number of benzene rings is 1. The number of amides is 1. The first kappa shape index (κ1) is 20.7. The lowest BCUT2D eigenvalue weighted by molar-refractivity contribution is -0.124. The summed E-state index contributed by atoms with van der Waals surface area (Å²) in [5, 5.41) is 9.68. The highest BCUT2D eigenvalue weighted by Gasteiger charge is 2.27. The van der Waals surface area contributed by atoms with Crippen LogP contribution in [0.5, 0.6) is 0 Å². The first-order valence-corrected chi connectivity index (χ1v) is 9.99. The molecule has 1 aliphatic rings. The van der Waals surface area contributed by atoms with E-state index in [1.54, 1.807) is 0 Å². The summed E-state index contributed by atoms with van der Waals surface area (Å²) in [5.41, 5.74) is 2.40. The Morgan fingerprint density at radius 3 is 2.62 bits per heavy atom. The van der Waals surface area contributed by atoms with Crippen LogP contribution in [0.3, 0.4) is 0 Å². The van der Waals surface area contributed by atoms with Gasteiger partial charge in [-0.3, -0.25) is 4.79 Å². The van der Waals surface area contributed by atoms with E-state index < -0.39 is 0 Å². The Hall–Kier alpha value is -1.59. The van der Waals surface area contributed by atoms with Crippen LogP contribution in [0.4, 0.5) is 5.69 Å². The van der Waals surface area contributed by atoms with Crippen molar-refractivity contribution in [2.45, 2.75) is 64.6 Å². The molecule has 1 aromatic carbocycles. The molecule has 5 heteroatoms. The van der Waals surface area contributed by atoms with Gasteiger partial charge in [-0.05, 0) is 77.7 Å². The highest BCUT2D eigenvalue weighted by atomic mass is 16.2. The molecule has 1 aliphatic heterocycles. The number of anilines is 1. The van der Waals surface area contributed by atoms with Crippen LogP contribution < -0.4 is 20.9 Å². The number of hydrogen-bond acceptors (Lipinski definition) is 4. The van der Waals surface area contributed by atoms with E-state index in [1.807, 2.05) is 7.05 Å². The predicted molar refractivity (Wildman–Crippen MR) is 110 cm³/mol. The molecule has 0 aliphatic carbocycles. The molecule has 0 bridgehead atoms. The number of nitrogens with one attached hydrogen (secondary N) is 3. The molecule has 1 heterocycles. The summed E-state index contributed by atoms with van der Waals surface area (Å²) in [6, 6.07) is 8.78. The SMILES string of the molecule is CCN(CCCC(C)(C)NC(=O)C1CCCN1)c1ccc(CNC)cc1. The van der Waals surface area contributed by atoms with Gasteiger partial charge in [-0.2, -0.15) is 0 Å². The Labute approximate surface area is 158 Å². The third kappa shape index (κ3) is 6.29. The number of rotatable bonds is 10. The number of carbonyl (C=O) groups excluding carboxylic acids is 1. The van der Waals surface area contributed by atoms with Gasteiger partial charge in [0.25, 0.3) is 0 Å². The molecule has 1 saturated heterocycles. The Morgan fingerprint density at radius 2 is 2.04 bits per heavy atom. The predicted octanol–water partition coefficient (Wildman–Crippen LogP) is 2.66. The normalized spacial score (nSPS) is 17.3. The monoisotopic (exact) mass is 360 g/mol. The maximum atomic E-state index is 12.3. The zero-order chi connectivity index (χ0) is 19.0. The molecule has 2 rings (SSSR count). The molecule has 1 atom stereocenters. The van der Waals surface area contributed by atoms with Gasteiger partial charge in [0, 0.05) is 30.9 Å². The molecule has 26 heavy (non-hydrogen) atoms. The van der Waals surface area contributed by atoms with E-state index in [2.05, 4.69) is 65.9 Å². The van der Waals surface area contributed by atoms with Crippen molar-refractivity contribution in [1.82, 2.24) is 16.0 Å². The van der Waals surface area contributed by atoms with Crippen molar-refractivity contribution in [1.29, 1.82) is 0 Å². The summed E-state index contributed by atoms with van der Waals surface area (Å²) >= 11 is 0. The minimum absolute atomic E-state index is 0.00228. The Balaban J connectivity index is 1.80. The Kier molecular flexibility index (Phi) is 7.91. The second kappa shape index (κ2) is 9.93. The van der Waals surface area contributed by atoms with Gasteiger partial charge in [-0.25, -0.2) is 0 Å². The van der Waals surface area contributed by atoms with E-state index in [9.17, 15) is 4.79 Å². The fourth-order valence-electron chi connectivity index (χ4n) is 3.60. The second-order valence-corrected chi connectivity index (χ2v) is 7.90. The van der Waals surface area contributed by atoms with E-state index in [1.165, 1.54) is 11.3 Å². The van der Waals surface area contributed by atoms with Crippen LogP contribution in [-0.4, -0.2) is 44.2 Å². The van der Waals surface area contributed by atoms with Crippen LogP contribution in [-0.2, 0) is 11.3 Å². The van der Waals surface area contributed by atoms with Gasteiger partial charge in [0.1, 0.15) is 0 Å². The average Bonchev–Trinajstić information content (AvgIpc) is 3.14. The average molecular weight is 361 g/mol. The molecule has 0 spiro atoms. The quantitative estimate of drug-likeness (QED) is 0.600. The Morgan fingerprint density at radius 1 is 1.31 bits per heavy atom. The van der Waals surface area contributed by atoms with Gasteiger partial charge in [0.2, 0.25) is 5.91 Å². The zero-order valence-electron chi connectivity index (χ0n) is 16.9. The summed E-state index contributed by atoms with van der Waals surface area (Å²) in [5.74, 6) is 0.153. The minimum atomic E-state index is -0.169. The van der Waals surface area contributed by atoms with Crippen LogP contribution in [0, 0.1) is 0 Å². The molecular formula is C21H36N4O. The van der Waals surface area contributed by atoms with Crippen LogP contribution in [0.25, 0.3) is 0 Å². The lowest BCUT2D eigenvalue weighted by Crippen LogP contribution is -2.50. The first-order chi connectivity index (χ1) is 12.4. The summed E-state index contributed by atoms with van der Waals surface area (Å²) in [6.07, 6.45) is 4.07. The van der Waals surface area contributed by atoms with Crippen molar-refractivity contribution < 1.29 is 4.79 Å². The largest absolute Gasteiger partial charge is 0.372 e.